The lowest BCUT2D eigenvalue weighted by Gasteiger charge is -2.13. The number of anilines is 2. The maximum absolute atomic E-state index is 12.5. The molecular weight excluding hydrogens is 436 g/mol. The summed E-state index contributed by atoms with van der Waals surface area (Å²) in [6.07, 6.45) is 0. The first-order valence-electron chi connectivity index (χ1n) is 9.24. The zero-order valence-electron chi connectivity index (χ0n) is 17.1. The van der Waals surface area contributed by atoms with Gasteiger partial charge < -0.3 is 20.1 Å². The van der Waals surface area contributed by atoms with Crippen LogP contribution in [0.2, 0.25) is 5.02 Å². The number of amides is 2. The summed E-state index contributed by atoms with van der Waals surface area (Å²) in [6, 6.07) is 10.7. The Hall–Kier alpha value is -3.43. The number of hydrogen-bond acceptors (Lipinski definition) is 6. The summed E-state index contributed by atoms with van der Waals surface area (Å²) in [5.41, 5.74) is 2.70. The van der Waals surface area contributed by atoms with Crippen molar-refractivity contribution in [1.29, 1.82) is 0 Å². The molecule has 8 nitrogen and oxygen atoms in total. The molecule has 0 bridgehead atoms. The Morgan fingerprint density at radius 2 is 1.90 bits per heavy atom. The maximum Gasteiger partial charge on any atom is 0.269 e. The summed E-state index contributed by atoms with van der Waals surface area (Å²) < 4.78 is 2.85. The summed E-state index contributed by atoms with van der Waals surface area (Å²) in [5.74, 6) is -0.203. The van der Waals surface area contributed by atoms with Gasteiger partial charge in [-0.3, -0.25) is 9.59 Å². The normalized spacial score (nSPS) is 11.0. The quantitative estimate of drug-likeness (QED) is 0.446. The van der Waals surface area contributed by atoms with Crippen LogP contribution in [-0.2, 0) is 11.8 Å². The monoisotopic (exact) mass is 454 g/mol. The van der Waals surface area contributed by atoms with Crippen molar-refractivity contribution in [2.75, 3.05) is 19.4 Å². The van der Waals surface area contributed by atoms with Crippen molar-refractivity contribution in [3.63, 3.8) is 0 Å². The molecule has 0 saturated carbocycles. The van der Waals surface area contributed by atoms with Crippen LogP contribution in [0.1, 0.15) is 10.4 Å². The zero-order valence-corrected chi connectivity index (χ0v) is 18.6. The first-order valence-corrected chi connectivity index (χ1v) is 10.4. The number of benzene rings is 2. The van der Waals surface area contributed by atoms with Gasteiger partial charge in [-0.05, 0) is 36.4 Å². The van der Waals surface area contributed by atoms with Crippen LogP contribution in [0.15, 0.2) is 48.7 Å². The van der Waals surface area contributed by atoms with Gasteiger partial charge in [0, 0.05) is 31.7 Å². The fraction of sp³-hybridized carbons (Fsp3) is 0.143. The van der Waals surface area contributed by atoms with Crippen LogP contribution in [0.3, 0.4) is 0 Å². The highest BCUT2D eigenvalue weighted by Gasteiger charge is 2.16. The van der Waals surface area contributed by atoms with Crippen molar-refractivity contribution in [1.82, 2.24) is 24.8 Å². The number of likely N-dealkylation sites (N-methyl/N-ethyl adjacent to an activating group) is 1. The van der Waals surface area contributed by atoms with E-state index in [0.717, 1.165) is 15.7 Å². The van der Waals surface area contributed by atoms with Crippen LogP contribution >= 0.6 is 22.9 Å². The molecule has 0 unspecified atom stereocenters. The predicted octanol–water partition coefficient (Wildman–Crippen LogP) is 3.91. The van der Waals surface area contributed by atoms with E-state index in [1.807, 2.05) is 23.7 Å². The largest absolute Gasteiger partial charge is 0.344 e. The van der Waals surface area contributed by atoms with Gasteiger partial charge in [-0.1, -0.05) is 29.5 Å². The molecule has 2 N–H and O–H groups in total. The maximum atomic E-state index is 12.5. The number of hydrogen-bond donors (Lipinski definition) is 2. The van der Waals surface area contributed by atoms with E-state index in [2.05, 4.69) is 27.2 Å². The van der Waals surface area contributed by atoms with E-state index in [9.17, 15) is 9.59 Å². The highest BCUT2D eigenvalue weighted by atomic mass is 35.5. The standard InChI is InChI=1S/C21H19ClN6O2S/c1-11(19(30)27(2)3)23-18(29)12-5-8-16-15(9-12)24-20(28(16)4)26-21-25-14-7-6-13(22)10-17(14)31-21/h5-10H,1H2,2-4H3,(H,23,29)(H,24,25,26). The van der Waals surface area contributed by atoms with Crippen molar-refractivity contribution in [2.24, 2.45) is 7.05 Å². The summed E-state index contributed by atoms with van der Waals surface area (Å²) >= 11 is 7.53. The lowest BCUT2D eigenvalue weighted by atomic mass is 10.2. The first kappa shape index (κ1) is 20.8. The van der Waals surface area contributed by atoms with E-state index >= 15 is 0 Å². The molecular formula is C21H19ClN6O2S. The molecule has 0 atom stereocenters. The molecule has 31 heavy (non-hydrogen) atoms. The summed E-state index contributed by atoms with van der Waals surface area (Å²) in [7, 11) is 5.06. The van der Waals surface area contributed by atoms with Crippen molar-refractivity contribution >= 4 is 67.1 Å². The molecule has 0 spiro atoms. The number of carbonyl (C=O) groups excluding carboxylic acids is 2. The number of imidazole rings is 1. The molecule has 0 aliphatic carbocycles. The molecule has 4 aromatic rings. The molecule has 2 heterocycles. The predicted molar refractivity (Wildman–Crippen MR) is 124 cm³/mol. The van der Waals surface area contributed by atoms with Crippen LogP contribution in [0.25, 0.3) is 21.3 Å². The van der Waals surface area contributed by atoms with E-state index in [1.54, 1.807) is 38.4 Å². The summed E-state index contributed by atoms with van der Waals surface area (Å²) in [4.78, 5) is 34.9. The van der Waals surface area contributed by atoms with Crippen molar-refractivity contribution in [2.45, 2.75) is 0 Å². The minimum atomic E-state index is -0.426. The van der Waals surface area contributed by atoms with Gasteiger partial charge in [-0.25, -0.2) is 9.97 Å². The van der Waals surface area contributed by atoms with Crippen LogP contribution in [0.4, 0.5) is 11.1 Å². The topological polar surface area (TPSA) is 92.1 Å². The van der Waals surface area contributed by atoms with Gasteiger partial charge in [0.1, 0.15) is 0 Å². The van der Waals surface area contributed by atoms with Gasteiger partial charge in [-0.2, -0.15) is 0 Å². The number of halogens is 1. The number of thiazole rings is 1. The molecule has 0 aliphatic rings. The number of carbonyl (C=O) groups is 2. The third-order valence-corrected chi connectivity index (χ3v) is 5.81. The van der Waals surface area contributed by atoms with Gasteiger partial charge in [0.15, 0.2) is 5.13 Å². The number of rotatable bonds is 5. The number of nitrogens with zero attached hydrogens (tertiary/aromatic N) is 4. The fourth-order valence-corrected chi connectivity index (χ4v) is 4.17. The van der Waals surface area contributed by atoms with Crippen LogP contribution in [-0.4, -0.2) is 45.3 Å². The molecule has 0 fully saturated rings. The first-order chi connectivity index (χ1) is 14.7. The minimum absolute atomic E-state index is 0.00872. The lowest BCUT2D eigenvalue weighted by molar-refractivity contribution is -0.125. The number of aryl methyl sites for hydroxylation is 1. The summed E-state index contributed by atoms with van der Waals surface area (Å²) in [6.45, 7) is 3.63. The van der Waals surface area contributed by atoms with Gasteiger partial charge in [0.2, 0.25) is 5.95 Å². The molecule has 158 valence electrons. The Morgan fingerprint density at radius 3 is 2.65 bits per heavy atom. The van der Waals surface area contributed by atoms with Crippen molar-refractivity contribution in [3.05, 3.63) is 59.3 Å². The van der Waals surface area contributed by atoms with Crippen molar-refractivity contribution in [3.8, 4) is 0 Å². The smallest absolute Gasteiger partial charge is 0.269 e. The average molecular weight is 455 g/mol. The second kappa shape index (κ2) is 8.01. The molecule has 2 aromatic heterocycles. The third kappa shape index (κ3) is 4.10. The second-order valence-electron chi connectivity index (χ2n) is 7.09. The summed E-state index contributed by atoms with van der Waals surface area (Å²) in [5, 5.41) is 7.10. The van der Waals surface area contributed by atoms with Gasteiger partial charge in [-0.15, -0.1) is 0 Å². The van der Waals surface area contributed by atoms with Gasteiger partial charge in [0.05, 0.1) is 26.9 Å². The van der Waals surface area contributed by atoms with E-state index < -0.39 is 5.91 Å². The van der Waals surface area contributed by atoms with Crippen molar-refractivity contribution < 1.29 is 9.59 Å². The Kier molecular flexibility index (Phi) is 5.38. The molecule has 0 radical (unpaired) electrons. The number of aromatic nitrogens is 3. The Balaban J connectivity index is 1.59. The third-order valence-electron chi connectivity index (χ3n) is 4.64. The van der Waals surface area contributed by atoms with Crippen LogP contribution < -0.4 is 10.6 Å². The Morgan fingerprint density at radius 1 is 1.13 bits per heavy atom. The Labute approximate surface area is 187 Å². The molecule has 4 rings (SSSR count). The molecule has 0 saturated heterocycles. The van der Waals surface area contributed by atoms with Gasteiger partial charge >= 0.3 is 0 Å². The highest BCUT2D eigenvalue weighted by molar-refractivity contribution is 7.22. The van der Waals surface area contributed by atoms with E-state index in [0.29, 0.717) is 27.2 Å². The zero-order chi connectivity index (χ0) is 22.3. The SMILES string of the molecule is C=C(NC(=O)c1ccc2c(c1)nc(Nc1nc3ccc(Cl)cc3s1)n2C)C(=O)N(C)C. The van der Waals surface area contributed by atoms with Crippen LogP contribution in [0, 0.1) is 0 Å². The molecule has 2 aromatic carbocycles. The number of fused-ring (bicyclic) bond motifs is 2. The van der Waals surface area contributed by atoms with E-state index in [1.165, 1.54) is 16.2 Å². The fourth-order valence-electron chi connectivity index (χ4n) is 3.03. The van der Waals surface area contributed by atoms with Gasteiger partial charge in [0.25, 0.3) is 11.8 Å². The minimum Gasteiger partial charge on any atom is -0.344 e. The highest BCUT2D eigenvalue weighted by Crippen LogP contribution is 2.31. The second-order valence-corrected chi connectivity index (χ2v) is 8.55. The lowest BCUT2D eigenvalue weighted by Crippen LogP contribution is -2.33. The molecule has 2 amide bonds. The van der Waals surface area contributed by atoms with Crippen LogP contribution in [0.5, 0.6) is 0 Å². The number of nitrogens with one attached hydrogen (secondary N) is 2. The molecule has 0 aliphatic heterocycles. The van der Waals surface area contributed by atoms with E-state index in [-0.39, 0.29) is 11.6 Å². The molecule has 10 heteroatoms. The Bertz CT molecular complexity index is 1360. The van der Waals surface area contributed by atoms with E-state index in [4.69, 9.17) is 11.6 Å². The average Bonchev–Trinajstić information content (AvgIpc) is 3.26.